The summed E-state index contributed by atoms with van der Waals surface area (Å²) in [5.74, 6) is -1.73. The number of carbonyl (C=O) groups excluding carboxylic acids is 2. The lowest BCUT2D eigenvalue weighted by Crippen LogP contribution is -3.11. The van der Waals surface area contributed by atoms with Crippen molar-refractivity contribution in [3.8, 4) is 0 Å². The number of benzene rings is 1. The van der Waals surface area contributed by atoms with Crippen molar-refractivity contribution in [1.29, 1.82) is 0 Å². The fourth-order valence-corrected chi connectivity index (χ4v) is 2.85. The van der Waals surface area contributed by atoms with Gasteiger partial charge in [-0.3, -0.25) is 19.5 Å². The van der Waals surface area contributed by atoms with E-state index in [2.05, 4.69) is 24.2 Å². The SMILES string of the molecule is CC[NH+](CC)CCN=CC1C(=O)NC(=S)N(c2ccccc2)C1=O. The molecule has 1 aromatic carbocycles. The van der Waals surface area contributed by atoms with Crippen molar-refractivity contribution in [2.24, 2.45) is 10.9 Å². The van der Waals surface area contributed by atoms with Crippen LogP contribution in [0.4, 0.5) is 5.69 Å². The Hall–Kier alpha value is -2.12. The molecular formula is C17H23N4O2S+. The normalized spacial score (nSPS) is 18.5. The van der Waals surface area contributed by atoms with Crippen molar-refractivity contribution in [3.05, 3.63) is 30.3 Å². The Kier molecular flexibility index (Phi) is 6.57. The lowest BCUT2D eigenvalue weighted by atomic mass is 10.1. The lowest BCUT2D eigenvalue weighted by Gasteiger charge is -2.30. The summed E-state index contributed by atoms with van der Waals surface area (Å²) in [4.78, 5) is 31.8. The van der Waals surface area contributed by atoms with Gasteiger partial charge in [0.15, 0.2) is 11.0 Å². The summed E-state index contributed by atoms with van der Waals surface area (Å²) in [5.41, 5.74) is 0.637. The fraction of sp³-hybridized carbons (Fsp3) is 0.412. The summed E-state index contributed by atoms with van der Waals surface area (Å²) in [6.07, 6.45) is 1.44. The maximum absolute atomic E-state index is 12.7. The number of carbonyl (C=O) groups is 2. The number of para-hydroxylation sites is 1. The molecule has 1 saturated heterocycles. The highest BCUT2D eigenvalue weighted by Gasteiger charge is 2.38. The molecular weight excluding hydrogens is 324 g/mol. The topological polar surface area (TPSA) is 66.2 Å². The van der Waals surface area contributed by atoms with Gasteiger partial charge in [0.1, 0.15) is 0 Å². The van der Waals surface area contributed by atoms with Crippen LogP contribution in [0.5, 0.6) is 0 Å². The third kappa shape index (κ3) is 4.24. The van der Waals surface area contributed by atoms with Crippen molar-refractivity contribution in [1.82, 2.24) is 5.32 Å². The molecule has 7 heteroatoms. The average molecular weight is 347 g/mol. The smallest absolute Gasteiger partial charge is 0.251 e. The molecule has 0 bridgehead atoms. The molecule has 1 fully saturated rings. The summed E-state index contributed by atoms with van der Waals surface area (Å²) in [6.45, 7) is 7.78. The molecule has 6 nitrogen and oxygen atoms in total. The number of rotatable bonds is 7. The third-order valence-corrected chi connectivity index (χ3v) is 4.35. The zero-order valence-electron chi connectivity index (χ0n) is 14.0. The number of aliphatic imine (C=N–C) groups is 1. The van der Waals surface area contributed by atoms with Crippen molar-refractivity contribution in [2.75, 3.05) is 31.1 Å². The Labute approximate surface area is 147 Å². The van der Waals surface area contributed by atoms with Crippen LogP contribution in [0.2, 0.25) is 0 Å². The first-order valence-corrected chi connectivity index (χ1v) is 8.56. The van der Waals surface area contributed by atoms with Crippen LogP contribution in [-0.2, 0) is 9.59 Å². The maximum atomic E-state index is 12.7. The van der Waals surface area contributed by atoms with E-state index in [0.29, 0.717) is 12.2 Å². The molecule has 0 saturated carbocycles. The van der Waals surface area contributed by atoms with E-state index in [4.69, 9.17) is 12.2 Å². The molecule has 1 atom stereocenters. The van der Waals surface area contributed by atoms with Crippen LogP contribution in [0, 0.1) is 5.92 Å². The minimum Gasteiger partial charge on any atom is -0.334 e. The molecule has 1 aliphatic heterocycles. The first-order chi connectivity index (χ1) is 11.6. The lowest BCUT2D eigenvalue weighted by molar-refractivity contribution is -0.894. The number of anilines is 1. The van der Waals surface area contributed by atoms with Gasteiger partial charge in [0, 0.05) is 6.21 Å². The van der Waals surface area contributed by atoms with Gasteiger partial charge in [0.05, 0.1) is 31.9 Å². The second kappa shape index (κ2) is 8.65. The number of thiocarbonyl (C=S) groups is 1. The monoisotopic (exact) mass is 347 g/mol. The Morgan fingerprint density at radius 2 is 1.92 bits per heavy atom. The van der Waals surface area contributed by atoms with Crippen LogP contribution < -0.4 is 15.1 Å². The molecule has 1 aromatic rings. The van der Waals surface area contributed by atoms with E-state index < -0.39 is 11.8 Å². The van der Waals surface area contributed by atoms with Gasteiger partial charge in [-0.1, -0.05) is 18.2 Å². The molecule has 2 N–H and O–H groups in total. The summed E-state index contributed by atoms with van der Waals surface area (Å²) >= 11 is 5.14. The summed E-state index contributed by atoms with van der Waals surface area (Å²) < 4.78 is 0. The second-order valence-corrected chi connectivity index (χ2v) is 5.93. The minimum atomic E-state index is -0.941. The number of hydrogen-bond acceptors (Lipinski definition) is 4. The number of nitrogens with zero attached hydrogens (tertiary/aromatic N) is 2. The number of hydrogen-bond donors (Lipinski definition) is 2. The largest absolute Gasteiger partial charge is 0.334 e. The molecule has 128 valence electrons. The van der Waals surface area contributed by atoms with Gasteiger partial charge < -0.3 is 10.2 Å². The highest BCUT2D eigenvalue weighted by atomic mass is 32.1. The van der Waals surface area contributed by atoms with E-state index in [1.54, 1.807) is 12.1 Å². The van der Waals surface area contributed by atoms with Crippen LogP contribution in [0.3, 0.4) is 0 Å². The van der Waals surface area contributed by atoms with E-state index in [-0.39, 0.29) is 11.0 Å². The van der Waals surface area contributed by atoms with E-state index in [1.807, 2.05) is 18.2 Å². The van der Waals surface area contributed by atoms with E-state index in [9.17, 15) is 9.59 Å². The zero-order chi connectivity index (χ0) is 17.5. The van der Waals surface area contributed by atoms with Crippen LogP contribution in [0.1, 0.15) is 13.8 Å². The maximum Gasteiger partial charge on any atom is 0.251 e. The van der Waals surface area contributed by atoms with Crippen molar-refractivity contribution in [3.63, 3.8) is 0 Å². The van der Waals surface area contributed by atoms with Gasteiger partial charge in [-0.2, -0.15) is 0 Å². The predicted octanol–water partition coefficient (Wildman–Crippen LogP) is 0.0460. The van der Waals surface area contributed by atoms with Crippen molar-refractivity contribution < 1.29 is 14.5 Å². The highest BCUT2D eigenvalue weighted by Crippen LogP contribution is 2.19. The molecule has 1 unspecified atom stereocenters. The quantitative estimate of drug-likeness (QED) is 0.416. The zero-order valence-corrected chi connectivity index (χ0v) is 14.8. The first kappa shape index (κ1) is 18.2. The number of quaternary nitrogens is 1. The molecule has 0 aromatic heterocycles. The second-order valence-electron chi connectivity index (χ2n) is 5.54. The van der Waals surface area contributed by atoms with Gasteiger partial charge in [-0.15, -0.1) is 0 Å². The molecule has 0 radical (unpaired) electrons. The van der Waals surface area contributed by atoms with Crippen LogP contribution in [-0.4, -0.2) is 49.3 Å². The van der Waals surface area contributed by atoms with Crippen LogP contribution in [0.15, 0.2) is 35.3 Å². The molecule has 24 heavy (non-hydrogen) atoms. The molecule has 0 spiro atoms. The number of likely N-dealkylation sites (N-methyl/N-ethyl adjacent to an activating group) is 1. The van der Waals surface area contributed by atoms with Gasteiger partial charge >= 0.3 is 0 Å². The predicted molar refractivity (Wildman–Crippen MR) is 98.4 cm³/mol. The van der Waals surface area contributed by atoms with E-state index in [0.717, 1.165) is 19.6 Å². The van der Waals surface area contributed by atoms with Crippen molar-refractivity contribution in [2.45, 2.75) is 13.8 Å². The van der Waals surface area contributed by atoms with E-state index >= 15 is 0 Å². The Morgan fingerprint density at radius 1 is 1.25 bits per heavy atom. The first-order valence-electron chi connectivity index (χ1n) is 8.15. The molecule has 1 aliphatic rings. The van der Waals surface area contributed by atoms with Gasteiger partial charge in [0.25, 0.3) is 5.91 Å². The summed E-state index contributed by atoms with van der Waals surface area (Å²) in [7, 11) is 0. The number of amides is 2. The van der Waals surface area contributed by atoms with Gasteiger partial charge in [-0.25, -0.2) is 0 Å². The van der Waals surface area contributed by atoms with E-state index in [1.165, 1.54) is 16.0 Å². The average Bonchev–Trinajstić information content (AvgIpc) is 2.58. The van der Waals surface area contributed by atoms with Crippen molar-refractivity contribution >= 4 is 41.0 Å². The Bertz CT molecular complexity index is 629. The summed E-state index contributed by atoms with van der Waals surface area (Å²) in [6, 6.07) is 9.04. The van der Waals surface area contributed by atoms with Gasteiger partial charge in [0.2, 0.25) is 5.91 Å². The Morgan fingerprint density at radius 3 is 2.54 bits per heavy atom. The van der Waals surface area contributed by atoms with Gasteiger partial charge in [-0.05, 0) is 38.2 Å². The summed E-state index contributed by atoms with van der Waals surface area (Å²) in [5, 5.41) is 2.69. The Balaban J connectivity index is 2.08. The fourth-order valence-electron chi connectivity index (χ4n) is 2.55. The van der Waals surface area contributed by atoms with Crippen LogP contribution >= 0.6 is 12.2 Å². The molecule has 1 heterocycles. The minimum absolute atomic E-state index is 0.105. The standard InChI is InChI=1S/C17H22N4O2S/c1-3-20(4-2)11-10-18-12-14-15(22)19-17(24)21(16(14)23)13-8-6-5-7-9-13/h5-9,12,14H,3-4,10-11H2,1-2H3,(H,19,22,24)/p+1. The number of nitrogens with one attached hydrogen (secondary N) is 2. The third-order valence-electron chi connectivity index (χ3n) is 4.07. The molecule has 0 aliphatic carbocycles. The molecule has 2 rings (SSSR count). The highest BCUT2D eigenvalue weighted by molar-refractivity contribution is 7.80. The molecule has 2 amide bonds. The van der Waals surface area contributed by atoms with Crippen LogP contribution in [0.25, 0.3) is 0 Å².